The second-order valence-corrected chi connectivity index (χ2v) is 5.26. The van der Waals surface area contributed by atoms with E-state index in [9.17, 15) is 0 Å². The molecule has 0 aliphatic rings. The van der Waals surface area contributed by atoms with Gasteiger partial charge in [0, 0.05) is 12.4 Å². The molecule has 18 heavy (non-hydrogen) atoms. The van der Waals surface area contributed by atoms with Crippen LogP contribution < -0.4 is 0 Å². The summed E-state index contributed by atoms with van der Waals surface area (Å²) in [6.45, 7) is 0. The predicted octanol–water partition coefficient (Wildman–Crippen LogP) is 2.22. The number of aromatic nitrogens is 5. The molecular formula is C10H9N5OS2. The minimum atomic E-state index is 0.560. The lowest BCUT2D eigenvalue weighted by Crippen LogP contribution is -1.90. The van der Waals surface area contributed by atoms with Gasteiger partial charge >= 0.3 is 0 Å². The van der Waals surface area contributed by atoms with Gasteiger partial charge in [-0.1, -0.05) is 16.9 Å². The zero-order chi connectivity index (χ0) is 12.4. The molecule has 0 radical (unpaired) electrons. The average molecular weight is 279 g/mol. The van der Waals surface area contributed by atoms with Gasteiger partial charge < -0.3 is 9.09 Å². The van der Waals surface area contributed by atoms with E-state index in [1.54, 1.807) is 17.7 Å². The molecule has 0 aliphatic heterocycles. The summed E-state index contributed by atoms with van der Waals surface area (Å²) in [6, 6.07) is 1.96. The molecule has 8 heteroatoms. The summed E-state index contributed by atoms with van der Waals surface area (Å²) in [4.78, 5) is 4.33. The van der Waals surface area contributed by atoms with Gasteiger partial charge in [-0.15, -0.1) is 10.2 Å². The Morgan fingerprint density at radius 1 is 1.50 bits per heavy atom. The molecule has 6 nitrogen and oxygen atoms in total. The van der Waals surface area contributed by atoms with Gasteiger partial charge in [0.15, 0.2) is 11.0 Å². The van der Waals surface area contributed by atoms with E-state index in [1.165, 1.54) is 11.8 Å². The van der Waals surface area contributed by atoms with Crippen molar-refractivity contribution in [3.63, 3.8) is 0 Å². The van der Waals surface area contributed by atoms with Crippen molar-refractivity contribution >= 4 is 23.1 Å². The summed E-state index contributed by atoms with van der Waals surface area (Å²) in [5.74, 6) is 1.83. The molecule has 92 valence electrons. The molecule has 0 amide bonds. The topological polar surface area (TPSA) is 69.6 Å². The lowest BCUT2D eigenvalue weighted by Gasteiger charge is -1.95. The van der Waals surface area contributed by atoms with Gasteiger partial charge in [-0.3, -0.25) is 0 Å². The maximum absolute atomic E-state index is 5.20. The fourth-order valence-electron chi connectivity index (χ4n) is 1.35. The lowest BCUT2D eigenvalue weighted by atomic mass is 10.3. The Kier molecular flexibility index (Phi) is 3.11. The molecule has 0 aromatic carbocycles. The smallest absolute Gasteiger partial charge is 0.258 e. The fraction of sp³-hybridized carbons (Fsp3) is 0.200. The average Bonchev–Trinajstić information content (AvgIpc) is 3.08. The number of aryl methyl sites for hydroxylation is 1. The van der Waals surface area contributed by atoms with Gasteiger partial charge in [0.25, 0.3) is 5.89 Å². The Bertz CT molecular complexity index is 630. The SMILES string of the molecule is Cn1cnnc1SCc1noc(-c2ccsc2)n1. The molecule has 3 heterocycles. The largest absolute Gasteiger partial charge is 0.334 e. The second kappa shape index (κ2) is 4.91. The van der Waals surface area contributed by atoms with Crippen LogP contribution >= 0.6 is 23.1 Å². The number of nitrogens with zero attached hydrogens (tertiary/aromatic N) is 5. The van der Waals surface area contributed by atoms with Crippen LogP contribution in [0.2, 0.25) is 0 Å². The first kappa shape index (κ1) is 11.4. The first-order chi connectivity index (χ1) is 8.83. The van der Waals surface area contributed by atoms with Gasteiger partial charge in [-0.05, 0) is 11.4 Å². The third-order valence-corrected chi connectivity index (χ3v) is 3.95. The molecule has 0 unspecified atom stereocenters. The zero-order valence-corrected chi connectivity index (χ0v) is 11.1. The van der Waals surface area contributed by atoms with E-state index in [0.717, 1.165) is 10.7 Å². The Morgan fingerprint density at radius 3 is 3.17 bits per heavy atom. The van der Waals surface area contributed by atoms with E-state index >= 15 is 0 Å². The van der Waals surface area contributed by atoms with Crippen molar-refractivity contribution in [3.8, 4) is 11.5 Å². The van der Waals surface area contributed by atoms with E-state index in [4.69, 9.17) is 4.52 Å². The number of thioether (sulfide) groups is 1. The third-order valence-electron chi connectivity index (χ3n) is 2.24. The van der Waals surface area contributed by atoms with Crippen LogP contribution in [0.15, 0.2) is 32.8 Å². The van der Waals surface area contributed by atoms with E-state index in [2.05, 4.69) is 20.3 Å². The standard InChI is InChI=1S/C10H9N5OS2/c1-15-6-11-13-10(15)18-5-8-12-9(16-14-8)7-2-3-17-4-7/h2-4,6H,5H2,1H3. The molecular weight excluding hydrogens is 270 g/mol. The van der Waals surface area contributed by atoms with Crippen molar-refractivity contribution in [3.05, 3.63) is 29.0 Å². The minimum Gasteiger partial charge on any atom is -0.334 e. The Balaban J connectivity index is 1.69. The van der Waals surface area contributed by atoms with Gasteiger partial charge in [0.1, 0.15) is 6.33 Å². The maximum atomic E-state index is 5.20. The number of rotatable bonds is 4. The lowest BCUT2D eigenvalue weighted by molar-refractivity contribution is 0.425. The summed E-state index contributed by atoms with van der Waals surface area (Å²) in [5, 5.41) is 16.5. The fourth-order valence-corrected chi connectivity index (χ4v) is 2.71. The Hall–Kier alpha value is -1.67. The molecule has 0 spiro atoms. The first-order valence-corrected chi connectivity index (χ1v) is 7.08. The van der Waals surface area contributed by atoms with Crippen LogP contribution in [0.3, 0.4) is 0 Å². The van der Waals surface area contributed by atoms with Crippen molar-refractivity contribution in [2.75, 3.05) is 0 Å². The Morgan fingerprint density at radius 2 is 2.44 bits per heavy atom. The van der Waals surface area contributed by atoms with Gasteiger partial charge in [0.05, 0.1) is 11.3 Å². The zero-order valence-electron chi connectivity index (χ0n) is 9.48. The molecule has 3 rings (SSSR count). The van der Waals surface area contributed by atoms with Crippen molar-refractivity contribution in [1.82, 2.24) is 24.9 Å². The van der Waals surface area contributed by atoms with Crippen LogP contribution in [-0.4, -0.2) is 24.9 Å². The van der Waals surface area contributed by atoms with Crippen molar-refractivity contribution in [2.45, 2.75) is 10.9 Å². The molecule has 0 atom stereocenters. The van der Waals surface area contributed by atoms with E-state index in [0.29, 0.717) is 17.5 Å². The molecule has 0 aliphatic carbocycles. The van der Waals surface area contributed by atoms with Crippen LogP contribution in [0, 0.1) is 0 Å². The van der Waals surface area contributed by atoms with Crippen molar-refractivity contribution in [1.29, 1.82) is 0 Å². The highest BCUT2D eigenvalue weighted by Crippen LogP contribution is 2.22. The highest BCUT2D eigenvalue weighted by molar-refractivity contribution is 7.98. The molecule has 0 fully saturated rings. The minimum absolute atomic E-state index is 0.560. The van der Waals surface area contributed by atoms with Gasteiger partial charge in [-0.2, -0.15) is 16.3 Å². The molecule has 0 saturated carbocycles. The normalized spacial score (nSPS) is 10.9. The number of hydrogen-bond acceptors (Lipinski definition) is 7. The third kappa shape index (κ3) is 2.29. The molecule has 3 aromatic rings. The number of hydrogen-bond donors (Lipinski definition) is 0. The summed E-state index contributed by atoms with van der Waals surface area (Å²) in [7, 11) is 1.90. The maximum Gasteiger partial charge on any atom is 0.258 e. The van der Waals surface area contributed by atoms with Crippen LogP contribution in [0.1, 0.15) is 5.82 Å². The van der Waals surface area contributed by atoms with E-state index < -0.39 is 0 Å². The highest BCUT2D eigenvalue weighted by atomic mass is 32.2. The van der Waals surface area contributed by atoms with Crippen LogP contribution in [0.5, 0.6) is 0 Å². The Labute approximate surface area is 111 Å². The summed E-state index contributed by atoms with van der Waals surface area (Å²) < 4.78 is 7.05. The van der Waals surface area contributed by atoms with Crippen LogP contribution in [0.25, 0.3) is 11.5 Å². The molecule has 0 N–H and O–H groups in total. The van der Waals surface area contributed by atoms with Crippen LogP contribution in [0.4, 0.5) is 0 Å². The van der Waals surface area contributed by atoms with Crippen molar-refractivity contribution in [2.24, 2.45) is 7.05 Å². The van der Waals surface area contributed by atoms with Gasteiger partial charge in [0.2, 0.25) is 0 Å². The first-order valence-electron chi connectivity index (χ1n) is 5.15. The van der Waals surface area contributed by atoms with E-state index in [-0.39, 0.29) is 0 Å². The molecule has 3 aromatic heterocycles. The highest BCUT2D eigenvalue weighted by Gasteiger charge is 2.10. The summed E-state index contributed by atoms with van der Waals surface area (Å²) in [6.07, 6.45) is 1.66. The van der Waals surface area contributed by atoms with E-state index in [1.807, 2.05) is 28.4 Å². The predicted molar refractivity (Wildman–Crippen MR) is 68.2 cm³/mol. The summed E-state index contributed by atoms with van der Waals surface area (Å²) >= 11 is 3.13. The second-order valence-electron chi connectivity index (χ2n) is 3.54. The van der Waals surface area contributed by atoms with Gasteiger partial charge in [-0.25, -0.2) is 0 Å². The number of thiophene rings is 1. The van der Waals surface area contributed by atoms with Crippen LogP contribution in [-0.2, 0) is 12.8 Å². The molecule has 0 bridgehead atoms. The van der Waals surface area contributed by atoms with Crippen molar-refractivity contribution < 1.29 is 4.52 Å². The quantitative estimate of drug-likeness (QED) is 0.682. The monoisotopic (exact) mass is 279 g/mol. The summed E-state index contributed by atoms with van der Waals surface area (Å²) in [5.41, 5.74) is 0.961. The molecule has 0 saturated heterocycles.